The highest BCUT2D eigenvalue weighted by molar-refractivity contribution is 7.91. The van der Waals surface area contributed by atoms with E-state index < -0.39 is 85.9 Å². The zero-order valence-electron chi connectivity index (χ0n) is 34.7. The normalized spacial score (nSPS) is 28.6. The fourth-order valence-corrected chi connectivity index (χ4v) is 10.3. The maximum absolute atomic E-state index is 14.8. The highest BCUT2D eigenvalue weighted by Crippen LogP contribution is 2.50. The van der Waals surface area contributed by atoms with Gasteiger partial charge in [0.05, 0.1) is 25.8 Å². The third-order valence-electron chi connectivity index (χ3n) is 13.0. The van der Waals surface area contributed by atoms with Crippen LogP contribution in [-0.4, -0.2) is 104 Å². The number of pyridine rings is 1. The summed E-state index contributed by atoms with van der Waals surface area (Å²) in [5.41, 5.74) is -2.76. The molecule has 2 aliphatic carbocycles. The number of fused-ring (bicyclic) bond motifs is 5. The van der Waals surface area contributed by atoms with Crippen molar-refractivity contribution < 1.29 is 55.3 Å². The Hall–Kier alpha value is -4.58. The van der Waals surface area contributed by atoms with Crippen LogP contribution in [0.3, 0.4) is 0 Å². The minimum Gasteiger partial charge on any atom is -0.497 e. The van der Waals surface area contributed by atoms with Gasteiger partial charge in [-0.2, -0.15) is 0 Å². The second-order valence-corrected chi connectivity index (χ2v) is 19.5. The van der Waals surface area contributed by atoms with E-state index >= 15 is 0 Å². The zero-order chi connectivity index (χ0) is 43.2. The minimum absolute atomic E-state index is 0.00310. The van der Waals surface area contributed by atoms with Gasteiger partial charge in [0, 0.05) is 30.4 Å². The molecule has 0 unspecified atom stereocenters. The van der Waals surface area contributed by atoms with Crippen molar-refractivity contribution in [1.29, 1.82) is 0 Å². The van der Waals surface area contributed by atoms with Crippen molar-refractivity contribution in [3.05, 3.63) is 41.6 Å². The molecular formula is C42H55F2N5O10S. The quantitative estimate of drug-likeness (QED) is 0.273. The maximum atomic E-state index is 14.8. The fourth-order valence-electron chi connectivity index (χ4n) is 8.72. The second-order valence-electron chi connectivity index (χ2n) is 17.4. The van der Waals surface area contributed by atoms with Gasteiger partial charge in [0.15, 0.2) is 5.75 Å². The van der Waals surface area contributed by atoms with E-state index in [0.29, 0.717) is 54.3 Å². The van der Waals surface area contributed by atoms with Crippen LogP contribution in [0.1, 0.15) is 103 Å². The first-order valence-electron chi connectivity index (χ1n) is 20.8. The molecule has 3 aliphatic heterocycles. The van der Waals surface area contributed by atoms with Gasteiger partial charge in [-0.15, -0.1) is 0 Å². The van der Waals surface area contributed by atoms with Crippen molar-refractivity contribution in [3.63, 3.8) is 0 Å². The van der Waals surface area contributed by atoms with Gasteiger partial charge in [-0.1, -0.05) is 38.8 Å². The average molecular weight is 860 g/mol. The molecule has 15 nitrogen and oxygen atoms in total. The first-order chi connectivity index (χ1) is 28.5. The largest absolute Gasteiger partial charge is 0.497 e. The van der Waals surface area contributed by atoms with Crippen LogP contribution >= 0.6 is 0 Å². The Balaban J connectivity index is 1.25. The molecule has 6 atom stereocenters. The molecule has 3 N–H and O–H groups in total. The molecule has 0 radical (unpaired) electrons. The number of methoxy groups -OCH3 is 2. The molecule has 1 aromatic heterocycles. The number of sulfonamides is 1. The number of ether oxygens (including phenoxy) is 4. The summed E-state index contributed by atoms with van der Waals surface area (Å²) in [6.45, 7) is 5.20. The van der Waals surface area contributed by atoms with Gasteiger partial charge in [0.2, 0.25) is 21.8 Å². The lowest BCUT2D eigenvalue weighted by Gasteiger charge is -2.37. The summed E-state index contributed by atoms with van der Waals surface area (Å²) in [6.07, 6.45) is 3.25. The van der Waals surface area contributed by atoms with Crippen molar-refractivity contribution in [2.75, 3.05) is 27.4 Å². The SMILES string of the molecule is COCC1(S(=O)(=O)NC(=O)[C@@]23C[C@H]2/C=C\CCCCC[C@H](NC(=O)O[C@@H](C)C(C)C)C(=O)N2C[C@@]4(CCc5c(c(C(F)F)nc6ccc(OC)cc56)O4)C[C@H]2C(=O)N3)CC1. The van der Waals surface area contributed by atoms with Gasteiger partial charge in [0.25, 0.3) is 12.3 Å². The molecule has 5 aliphatic rings. The summed E-state index contributed by atoms with van der Waals surface area (Å²) in [6, 6.07) is 2.50. The minimum atomic E-state index is -4.21. The molecule has 4 heterocycles. The Bertz CT molecular complexity index is 2170. The highest BCUT2D eigenvalue weighted by atomic mass is 32.2. The molecule has 328 valence electrons. The molecule has 4 amide bonds. The summed E-state index contributed by atoms with van der Waals surface area (Å²) in [5.74, 6) is -2.45. The molecule has 7 rings (SSSR count). The smallest absolute Gasteiger partial charge is 0.408 e. The topological polar surface area (TPSA) is 192 Å². The number of carbonyl (C=O) groups excluding carboxylic acids is 4. The number of hydrogen-bond acceptors (Lipinski definition) is 11. The number of rotatable bonds is 10. The van der Waals surface area contributed by atoms with Crippen LogP contribution in [0.15, 0.2) is 30.4 Å². The van der Waals surface area contributed by atoms with Gasteiger partial charge >= 0.3 is 6.09 Å². The van der Waals surface area contributed by atoms with Gasteiger partial charge in [-0.25, -0.2) is 27.0 Å². The van der Waals surface area contributed by atoms with Crippen molar-refractivity contribution >= 4 is 44.7 Å². The number of benzene rings is 1. The van der Waals surface area contributed by atoms with Crippen LogP contribution in [0, 0.1) is 11.8 Å². The summed E-state index contributed by atoms with van der Waals surface area (Å²) in [7, 11) is -1.33. The van der Waals surface area contributed by atoms with Gasteiger partial charge in [0.1, 0.15) is 45.5 Å². The van der Waals surface area contributed by atoms with E-state index in [1.54, 1.807) is 25.1 Å². The number of carbonyl (C=O) groups is 4. The Morgan fingerprint density at radius 3 is 2.53 bits per heavy atom. The van der Waals surface area contributed by atoms with Crippen molar-refractivity contribution in [1.82, 2.24) is 25.2 Å². The lowest BCUT2D eigenvalue weighted by molar-refractivity contribution is -0.141. The Kier molecular flexibility index (Phi) is 12.1. The maximum Gasteiger partial charge on any atom is 0.408 e. The number of amides is 4. The molecule has 0 bridgehead atoms. The van der Waals surface area contributed by atoms with E-state index in [0.717, 1.165) is 6.42 Å². The first kappa shape index (κ1) is 43.5. The Labute approximate surface area is 348 Å². The van der Waals surface area contributed by atoms with Gasteiger partial charge < -0.3 is 34.5 Å². The number of nitrogens with zero attached hydrogens (tertiary/aromatic N) is 2. The number of aryl methyl sites for hydroxylation is 1. The Morgan fingerprint density at radius 1 is 1.08 bits per heavy atom. The van der Waals surface area contributed by atoms with Crippen LogP contribution in [0.5, 0.6) is 11.5 Å². The second kappa shape index (κ2) is 16.7. The number of aromatic nitrogens is 1. The number of halogens is 2. The molecule has 18 heteroatoms. The van der Waals surface area contributed by atoms with Crippen molar-refractivity contribution in [2.45, 2.75) is 132 Å². The predicted octanol–water partition coefficient (Wildman–Crippen LogP) is 5.01. The molecule has 2 saturated carbocycles. The lowest BCUT2D eigenvalue weighted by Crippen LogP contribution is -2.59. The van der Waals surface area contributed by atoms with E-state index in [4.69, 9.17) is 18.9 Å². The van der Waals surface area contributed by atoms with E-state index in [-0.39, 0.29) is 56.9 Å². The number of allylic oxidation sites excluding steroid dienone is 1. The molecule has 60 heavy (non-hydrogen) atoms. The summed E-state index contributed by atoms with van der Waals surface area (Å²) < 4.78 is 80.3. The first-order valence-corrected chi connectivity index (χ1v) is 22.3. The third-order valence-corrected chi connectivity index (χ3v) is 15.1. The number of hydrogen-bond donors (Lipinski definition) is 3. The van der Waals surface area contributed by atoms with E-state index in [1.165, 1.54) is 19.1 Å². The predicted molar refractivity (Wildman–Crippen MR) is 215 cm³/mol. The fraction of sp³-hybridized carbons (Fsp3) is 0.643. The molecule has 1 saturated heterocycles. The third kappa shape index (κ3) is 8.37. The zero-order valence-corrected chi connectivity index (χ0v) is 35.5. The lowest BCUT2D eigenvalue weighted by atomic mass is 9.87. The van der Waals surface area contributed by atoms with Gasteiger partial charge in [-0.3, -0.25) is 19.1 Å². The number of nitrogens with one attached hydrogen (secondary N) is 3. The van der Waals surface area contributed by atoms with Crippen LogP contribution in [-0.2, 0) is 40.3 Å². The van der Waals surface area contributed by atoms with Crippen LogP contribution in [0.4, 0.5) is 13.6 Å². The van der Waals surface area contributed by atoms with E-state index in [9.17, 15) is 36.4 Å². The highest BCUT2D eigenvalue weighted by Gasteiger charge is 2.64. The average Bonchev–Trinajstić information content (AvgIpc) is 4.11. The molecule has 1 aromatic carbocycles. The monoisotopic (exact) mass is 859 g/mol. The van der Waals surface area contributed by atoms with E-state index in [2.05, 4.69) is 20.3 Å². The number of alkyl carbamates (subject to hydrolysis) is 1. The number of alkyl halides is 2. The van der Waals surface area contributed by atoms with Crippen LogP contribution < -0.4 is 24.8 Å². The van der Waals surface area contributed by atoms with Crippen molar-refractivity contribution in [3.8, 4) is 11.5 Å². The summed E-state index contributed by atoms with van der Waals surface area (Å²) >= 11 is 0. The van der Waals surface area contributed by atoms with Crippen LogP contribution in [0.2, 0.25) is 0 Å². The Morgan fingerprint density at radius 2 is 1.85 bits per heavy atom. The van der Waals surface area contributed by atoms with Gasteiger partial charge in [-0.05, 0) is 82.4 Å². The molecule has 1 spiro atoms. The standard InChI is InChI=1S/C42H55F2N5O10S/c1-24(2)25(3)58-39(53)46-31-12-10-8-6-7-9-11-26-20-42(26,38(52)48-60(54,55)41(17-18-41)23-56-4)47-36(50)32-21-40(22-49(32)37(31)51)16-15-28-29-19-27(57-5)13-14-30(29)45-33(35(43)44)34(28)59-40/h9,11,13-14,19,24-26,31-32,35H,6-8,10,12,15-18,20-23H2,1-5H3,(H,46,53)(H,47,50)(H,48,52)/b11-9-/t25-,26+,31-,32-,40+,42+/m0/s1. The molecular weight excluding hydrogens is 805 g/mol. The summed E-state index contributed by atoms with van der Waals surface area (Å²) in [5, 5.41) is 6.15. The summed E-state index contributed by atoms with van der Waals surface area (Å²) in [4.78, 5) is 62.5. The van der Waals surface area contributed by atoms with Crippen LogP contribution in [0.25, 0.3) is 10.9 Å². The molecule has 2 aromatic rings. The van der Waals surface area contributed by atoms with E-state index in [1.807, 2.05) is 26.0 Å². The van der Waals surface area contributed by atoms with Crippen molar-refractivity contribution in [2.24, 2.45) is 11.8 Å². The molecule has 3 fully saturated rings.